The second-order valence-corrected chi connectivity index (χ2v) is 4.98. The van der Waals surface area contributed by atoms with Gasteiger partial charge in [-0.25, -0.2) is 0 Å². The Hall–Kier alpha value is -0.730. The maximum absolute atomic E-state index is 9.66. The van der Waals surface area contributed by atoms with Crippen molar-refractivity contribution in [2.75, 3.05) is 0 Å². The Morgan fingerprint density at radius 3 is 2.36 bits per heavy atom. The van der Waals surface area contributed by atoms with Gasteiger partial charge in [0, 0.05) is 16.6 Å². The highest BCUT2D eigenvalue weighted by Crippen LogP contribution is 2.35. The minimum atomic E-state index is -0.195. The van der Waals surface area contributed by atoms with Gasteiger partial charge in [0.25, 0.3) is 0 Å². The zero-order valence-corrected chi connectivity index (χ0v) is 9.47. The van der Waals surface area contributed by atoms with Crippen LogP contribution < -0.4 is 5.73 Å². The van der Waals surface area contributed by atoms with E-state index in [4.69, 9.17) is 17.3 Å². The van der Waals surface area contributed by atoms with Gasteiger partial charge in [-0.3, -0.25) is 0 Å². The molecular weight excluding hydrogens is 198 g/mol. The number of hydrogen-bond acceptors (Lipinski definition) is 2. The molecule has 1 aromatic carbocycles. The van der Waals surface area contributed by atoms with E-state index in [2.05, 4.69) is 0 Å². The lowest BCUT2D eigenvalue weighted by Crippen LogP contribution is -2.26. The maximum atomic E-state index is 9.66. The van der Waals surface area contributed by atoms with Crippen molar-refractivity contribution in [2.45, 2.75) is 26.8 Å². The van der Waals surface area contributed by atoms with Gasteiger partial charge in [-0.05, 0) is 17.5 Å². The molecule has 0 aliphatic carbocycles. The molecular formula is C11H16ClNO. The van der Waals surface area contributed by atoms with E-state index >= 15 is 0 Å². The average molecular weight is 214 g/mol. The van der Waals surface area contributed by atoms with E-state index < -0.39 is 0 Å². The number of aromatic hydroxyl groups is 1. The molecule has 0 aliphatic heterocycles. The van der Waals surface area contributed by atoms with Crippen LogP contribution in [0, 0.1) is 5.41 Å². The van der Waals surface area contributed by atoms with Crippen molar-refractivity contribution in [1.82, 2.24) is 0 Å². The highest BCUT2D eigenvalue weighted by atomic mass is 35.5. The lowest BCUT2D eigenvalue weighted by molar-refractivity contribution is 0.318. The molecule has 0 aromatic heterocycles. The molecule has 0 amide bonds. The van der Waals surface area contributed by atoms with Crippen LogP contribution in [0.5, 0.6) is 5.75 Å². The van der Waals surface area contributed by atoms with Gasteiger partial charge in [-0.1, -0.05) is 38.4 Å². The first-order valence-electron chi connectivity index (χ1n) is 4.56. The zero-order chi connectivity index (χ0) is 10.9. The van der Waals surface area contributed by atoms with Crippen molar-refractivity contribution in [3.8, 4) is 5.75 Å². The Morgan fingerprint density at radius 2 is 1.93 bits per heavy atom. The van der Waals surface area contributed by atoms with E-state index in [1.165, 1.54) is 6.07 Å². The van der Waals surface area contributed by atoms with Crippen LogP contribution in [-0.4, -0.2) is 5.11 Å². The predicted octanol–water partition coefficient (Wildman–Crippen LogP) is 3.09. The van der Waals surface area contributed by atoms with Gasteiger partial charge < -0.3 is 10.8 Å². The van der Waals surface area contributed by atoms with E-state index in [0.29, 0.717) is 5.02 Å². The summed E-state index contributed by atoms with van der Waals surface area (Å²) in [6.45, 7) is 6.10. The summed E-state index contributed by atoms with van der Waals surface area (Å²) in [5.41, 5.74) is 6.68. The van der Waals surface area contributed by atoms with Gasteiger partial charge in [-0.2, -0.15) is 0 Å². The van der Waals surface area contributed by atoms with E-state index in [1.807, 2.05) is 20.8 Å². The minimum Gasteiger partial charge on any atom is -0.508 e. The van der Waals surface area contributed by atoms with Crippen LogP contribution in [0.2, 0.25) is 5.02 Å². The van der Waals surface area contributed by atoms with Crippen molar-refractivity contribution in [3.63, 3.8) is 0 Å². The first-order valence-corrected chi connectivity index (χ1v) is 4.94. The number of rotatable bonds is 1. The highest BCUT2D eigenvalue weighted by Gasteiger charge is 2.24. The van der Waals surface area contributed by atoms with Crippen molar-refractivity contribution < 1.29 is 5.11 Å². The number of benzene rings is 1. The number of phenolic OH excluding ortho intramolecular Hbond substituents is 1. The van der Waals surface area contributed by atoms with Crippen LogP contribution in [0.4, 0.5) is 0 Å². The lowest BCUT2D eigenvalue weighted by atomic mass is 9.83. The van der Waals surface area contributed by atoms with E-state index in [9.17, 15) is 5.11 Å². The molecule has 0 unspecified atom stereocenters. The summed E-state index contributed by atoms with van der Waals surface area (Å²) in [6, 6.07) is 4.83. The molecule has 0 fully saturated rings. The second-order valence-electron chi connectivity index (χ2n) is 4.55. The quantitative estimate of drug-likeness (QED) is 0.753. The van der Waals surface area contributed by atoms with Crippen molar-refractivity contribution in [2.24, 2.45) is 11.1 Å². The number of hydrogen-bond donors (Lipinski definition) is 2. The third-order valence-corrected chi connectivity index (χ3v) is 2.50. The highest BCUT2D eigenvalue weighted by molar-refractivity contribution is 6.30. The van der Waals surface area contributed by atoms with Crippen LogP contribution >= 0.6 is 11.6 Å². The number of halogens is 1. The molecule has 2 nitrogen and oxygen atoms in total. The fourth-order valence-electron chi connectivity index (χ4n) is 1.25. The molecule has 1 rings (SSSR count). The summed E-state index contributed by atoms with van der Waals surface area (Å²) in [5.74, 6) is 0.167. The van der Waals surface area contributed by atoms with Gasteiger partial charge in [0.1, 0.15) is 5.75 Å². The molecule has 0 radical (unpaired) electrons. The van der Waals surface area contributed by atoms with E-state index in [1.54, 1.807) is 12.1 Å². The Bertz CT molecular complexity index is 331. The molecule has 0 saturated carbocycles. The monoisotopic (exact) mass is 213 g/mol. The Kier molecular flexibility index (Phi) is 3.07. The summed E-state index contributed by atoms with van der Waals surface area (Å²) >= 11 is 5.74. The fraction of sp³-hybridized carbons (Fsp3) is 0.455. The molecule has 78 valence electrons. The molecule has 3 heteroatoms. The predicted molar refractivity (Wildman–Crippen MR) is 59.5 cm³/mol. The normalized spacial score (nSPS) is 14.1. The average Bonchev–Trinajstić information content (AvgIpc) is 2.01. The standard InChI is InChI=1S/C11H16ClNO/c1-11(2,3)10(13)8-5-4-7(12)6-9(8)14/h4-6,10,14H,13H2,1-3H3/t10-/m1/s1. The van der Waals surface area contributed by atoms with Crippen molar-refractivity contribution >= 4 is 11.6 Å². The van der Waals surface area contributed by atoms with Gasteiger partial charge >= 0.3 is 0 Å². The molecule has 1 aromatic rings. The number of nitrogens with two attached hydrogens (primary N) is 1. The third kappa shape index (κ3) is 2.40. The summed E-state index contributed by atoms with van der Waals surface area (Å²) in [6.07, 6.45) is 0. The largest absolute Gasteiger partial charge is 0.508 e. The maximum Gasteiger partial charge on any atom is 0.121 e. The van der Waals surface area contributed by atoms with Crippen molar-refractivity contribution in [1.29, 1.82) is 0 Å². The van der Waals surface area contributed by atoms with Gasteiger partial charge in [0.05, 0.1) is 0 Å². The first-order chi connectivity index (χ1) is 6.32. The van der Waals surface area contributed by atoms with Crippen LogP contribution in [-0.2, 0) is 0 Å². The van der Waals surface area contributed by atoms with Crippen LogP contribution in [0.3, 0.4) is 0 Å². The summed E-state index contributed by atoms with van der Waals surface area (Å²) in [7, 11) is 0. The summed E-state index contributed by atoms with van der Waals surface area (Å²) in [5, 5.41) is 10.2. The Morgan fingerprint density at radius 1 is 1.36 bits per heavy atom. The van der Waals surface area contributed by atoms with Gasteiger partial charge in [-0.15, -0.1) is 0 Å². The first kappa shape index (κ1) is 11.3. The van der Waals surface area contributed by atoms with E-state index in [0.717, 1.165) is 5.56 Å². The zero-order valence-electron chi connectivity index (χ0n) is 8.71. The molecule has 14 heavy (non-hydrogen) atoms. The van der Waals surface area contributed by atoms with Crippen LogP contribution in [0.1, 0.15) is 32.4 Å². The minimum absolute atomic E-state index is 0.0781. The fourth-order valence-corrected chi connectivity index (χ4v) is 1.41. The van der Waals surface area contributed by atoms with Crippen LogP contribution in [0.25, 0.3) is 0 Å². The van der Waals surface area contributed by atoms with Crippen molar-refractivity contribution in [3.05, 3.63) is 28.8 Å². The van der Waals surface area contributed by atoms with Gasteiger partial charge in [0.2, 0.25) is 0 Å². The molecule has 0 spiro atoms. The SMILES string of the molecule is CC(C)(C)[C@H](N)c1ccc(Cl)cc1O. The molecule has 0 bridgehead atoms. The molecule has 0 saturated heterocycles. The Labute approximate surface area is 89.7 Å². The topological polar surface area (TPSA) is 46.2 Å². The number of phenols is 1. The molecule has 1 atom stereocenters. The lowest BCUT2D eigenvalue weighted by Gasteiger charge is -2.27. The summed E-state index contributed by atoms with van der Waals surface area (Å²) < 4.78 is 0. The third-order valence-electron chi connectivity index (χ3n) is 2.26. The van der Waals surface area contributed by atoms with Crippen LogP contribution in [0.15, 0.2) is 18.2 Å². The molecule has 0 heterocycles. The Balaban J connectivity index is 3.08. The van der Waals surface area contributed by atoms with E-state index in [-0.39, 0.29) is 17.2 Å². The second kappa shape index (κ2) is 3.79. The smallest absolute Gasteiger partial charge is 0.121 e. The molecule has 0 aliphatic rings. The van der Waals surface area contributed by atoms with Gasteiger partial charge in [0.15, 0.2) is 0 Å². The summed E-state index contributed by atoms with van der Waals surface area (Å²) in [4.78, 5) is 0. The molecule has 3 N–H and O–H groups in total.